The van der Waals surface area contributed by atoms with E-state index in [0.29, 0.717) is 34.2 Å². The summed E-state index contributed by atoms with van der Waals surface area (Å²) in [6.45, 7) is 3.98. The number of fused-ring (bicyclic) bond motifs is 3. The van der Waals surface area contributed by atoms with Gasteiger partial charge in [-0.15, -0.1) is 0 Å². The molecule has 0 spiro atoms. The summed E-state index contributed by atoms with van der Waals surface area (Å²) in [6, 6.07) is 13.2. The van der Waals surface area contributed by atoms with Crippen LogP contribution in [0.1, 0.15) is 0 Å². The molecule has 0 saturated carbocycles. The van der Waals surface area contributed by atoms with Gasteiger partial charge < -0.3 is 15.0 Å². The number of hydrogen-bond donors (Lipinski definition) is 2. The normalized spacial score (nSPS) is 15.2. The fourth-order valence-electron chi connectivity index (χ4n) is 4.30. The zero-order valence-electron chi connectivity index (χ0n) is 18.2. The molecule has 1 fully saturated rings. The van der Waals surface area contributed by atoms with E-state index in [1.54, 1.807) is 24.4 Å². The van der Waals surface area contributed by atoms with Crippen molar-refractivity contribution in [2.75, 3.05) is 49.2 Å². The van der Waals surface area contributed by atoms with Crippen LogP contribution in [0.5, 0.6) is 0 Å². The van der Waals surface area contributed by atoms with E-state index in [1.165, 1.54) is 6.26 Å². The summed E-state index contributed by atoms with van der Waals surface area (Å²) in [5.41, 5.74) is 3.22. The quantitative estimate of drug-likeness (QED) is 0.419. The number of aromatic nitrogens is 3. The highest BCUT2D eigenvalue weighted by Crippen LogP contribution is 2.33. The number of sulfone groups is 1. The van der Waals surface area contributed by atoms with Crippen LogP contribution in [0.15, 0.2) is 53.6 Å². The zero-order chi connectivity index (χ0) is 23.0. The first-order chi connectivity index (χ1) is 15.9. The van der Waals surface area contributed by atoms with E-state index >= 15 is 0 Å². The van der Waals surface area contributed by atoms with Gasteiger partial charge in [0.05, 0.1) is 23.2 Å². The Balaban J connectivity index is 1.43. The number of aromatic amines is 1. The number of carbonyl (C=O) groups is 1. The molecule has 9 nitrogen and oxygen atoms in total. The number of hydrogen-bond acceptors (Lipinski definition) is 8. The SMILES string of the molecule is CS(=O)(=O)c1cccc2nc(Nc3ccc(N4CCN(CC=O)CC4)cc3)c3[nH]ncc3c12. The van der Waals surface area contributed by atoms with Crippen molar-refractivity contribution in [2.45, 2.75) is 4.90 Å². The fraction of sp³-hybridized carbons (Fsp3) is 0.261. The molecule has 0 amide bonds. The van der Waals surface area contributed by atoms with Crippen LogP contribution in [0.25, 0.3) is 21.8 Å². The molecule has 10 heteroatoms. The van der Waals surface area contributed by atoms with Crippen LogP contribution >= 0.6 is 0 Å². The second-order valence-corrected chi connectivity index (χ2v) is 10.2. The summed E-state index contributed by atoms with van der Waals surface area (Å²) in [5, 5.41) is 11.7. The van der Waals surface area contributed by atoms with Gasteiger partial charge in [-0.2, -0.15) is 5.10 Å². The van der Waals surface area contributed by atoms with Crippen molar-refractivity contribution >= 4 is 55.1 Å². The second-order valence-electron chi connectivity index (χ2n) is 8.17. The van der Waals surface area contributed by atoms with Crippen LogP contribution in [0, 0.1) is 0 Å². The van der Waals surface area contributed by atoms with Gasteiger partial charge in [-0.3, -0.25) is 10.00 Å². The van der Waals surface area contributed by atoms with Gasteiger partial charge in [0.2, 0.25) is 0 Å². The molecule has 2 N–H and O–H groups in total. The van der Waals surface area contributed by atoms with Crippen molar-refractivity contribution in [3.8, 4) is 0 Å². The van der Waals surface area contributed by atoms with Crippen molar-refractivity contribution < 1.29 is 13.2 Å². The van der Waals surface area contributed by atoms with Gasteiger partial charge in [0.15, 0.2) is 15.7 Å². The molecule has 1 saturated heterocycles. The molecule has 0 unspecified atom stereocenters. The molecular weight excluding hydrogens is 440 g/mol. The third-order valence-electron chi connectivity index (χ3n) is 5.98. The molecule has 3 heterocycles. The summed E-state index contributed by atoms with van der Waals surface area (Å²) in [7, 11) is -3.42. The Hall–Kier alpha value is -3.50. The highest BCUT2D eigenvalue weighted by atomic mass is 32.2. The van der Waals surface area contributed by atoms with Gasteiger partial charge in [-0.1, -0.05) is 6.07 Å². The third-order valence-corrected chi connectivity index (χ3v) is 7.12. The van der Waals surface area contributed by atoms with Crippen LogP contribution < -0.4 is 10.2 Å². The minimum atomic E-state index is -3.42. The third kappa shape index (κ3) is 4.14. The predicted octanol–water partition coefficient (Wildman–Crippen LogP) is 2.58. The lowest BCUT2D eigenvalue weighted by Crippen LogP contribution is -2.46. The molecule has 0 bridgehead atoms. The minimum Gasteiger partial charge on any atom is -0.369 e. The number of H-pyrrole nitrogens is 1. The highest BCUT2D eigenvalue weighted by Gasteiger charge is 2.19. The number of anilines is 3. The Labute approximate surface area is 191 Å². The van der Waals surface area contributed by atoms with E-state index in [0.717, 1.165) is 43.8 Å². The largest absolute Gasteiger partial charge is 0.369 e. The maximum absolute atomic E-state index is 12.3. The molecule has 2 aromatic heterocycles. The molecular formula is C23H24N6O3S. The van der Waals surface area contributed by atoms with E-state index in [-0.39, 0.29) is 4.90 Å². The Morgan fingerprint density at radius 3 is 2.55 bits per heavy atom. The fourth-order valence-corrected chi connectivity index (χ4v) is 5.21. The molecule has 1 aliphatic heterocycles. The highest BCUT2D eigenvalue weighted by molar-refractivity contribution is 7.91. The molecule has 170 valence electrons. The zero-order valence-corrected chi connectivity index (χ0v) is 19.0. The van der Waals surface area contributed by atoms with Gasteiger partial charge in [0.25, 0.3) is 0 Å². The lowest BCUT2D eigenvalue weighted by atomic mass is 10.1. The average Bonchev–Trinajstić information content (AvgIpc) is 3.30. The predicted molar refractivity (Wildman–Crippen MR) is 129 cm³/mol. The maximum Gasteiger partial charge on any atom is 0.176 e. The maximum atomic E-state index is 12.3. The molecule has 4 aromatic rings. The van der Waals surface area contributed by atoms with Crippen LogP contribution in [0.3, 0.4) is 0 Å². The second kappa shape index (κ2) is 8.45. The Kier molecular flexibility index (Phi) is 5.47. The Morgan fingerprint density at radius 1 is 1.09 bits per heavy atom. The van der Waals surface area contributed by atoms with Crippen LogP contribution in [-0.2, 0) is 14.6 Å². The summed E-state index contributed by atoms with van der Waals surface area (Å²) in [6.07, 6.45) is 3.78. The van der Waals surface area contributed by atoms with E-state index < -0.39 is 9.84 Å². The summed E-state index contributed by atoms with van der Waals surface area (Å²) in [5.74, 6) is 0.580. The molecule has 1 aliphatic rings. The van der Waals surface area contributed by atoms with E-state index in [9.17, 15) is 13.2 Å². The molecule has 5 rings (SSSR count). The number of nitrogens with zero attached hydrogens (tertiary/aromatic N) is 4. The average molecular weight is 465 g/mol. The first kappa shape index (κ1) is 21.4. The van der Waals surface area contributed by atoms with Crippen LogP contribution in [0.4, 0.5) is 17.2 Å². The number of rotatable bonds is 6. The van der Waals surface area contributed by atoms with Gasteiger partial charge in [0.1, 0.15) is 11.8 Å². The minimum absolute atomic E-state index is 0.239. The van der Waals surface area contributed by atoms with E-state index in [2.05, 4.69) is 37.4 Å². The van der Waals surface area contributed by atoms with E-state index in [4.69, 9.17) is 4.98 Å². The first-order valence-corrected chi connectivity index (χ1v) is 12.6. The van der Waals surface area contributed by atoms with Gasteiger partial charge >= 0.3 is 0 Å². The number of carbonyl (C=O) groups excluding carboxylic acids is 1. The summed E-state index contributed by atoms with van der Waals surface area (Å²) < 4.78 is 24.6. The first-order valence-electron chi connectivity index (χ1n) is 10.7. The molecule has 2 aromatic carbocycles. The van der Waals surface area contributed by atoms with Crippen molar-refractivity contribution in [3.05, 3.63) is 48.7 Å². The van der Waals surface area contributed by atoms with Gasteiger partial charge in [-0.05, 0) is 36.4 Å². The number of benzene rings is 2. The molecule has 33 heavy (non-hydrogen) atoms. The topological polar surface area (TPSA) is 111 Å². The lowest BCUT2D eigenvalue weighted by Gasteiger charge is -2.35. The molecule has 0 aliphatic carbocycles. The standard InChI is InChI=1S/C23H24N6O3S/c1-33(31,32)20-4-2-3-19-21(20)18-15-24-27-22(18)23(26-19)25-16-5-7-17(8-6-16)29-11-9-28(10-12-29)13-14-30/h2-8,14-15H,9-13H2,1H3,(H,24,27)(H,25,26). The van der Waals surface area contributed by atoms with Gasteiger partial charge in [-0.25, -0.2) is 13.4 Å². The number of pyridine rings is 1. The smallest absolute Gasteiger partial charge is 0.176 e. The molecule has 0 radical (unpaired) electrons. The monoisotopic (exact) mass is 464 g/mol. The summed E-state index contributed by atoms with van der Waals surface area (Å²) in [4.78, 5) is 20.1. The Morgan fingerprint density at radius 2 is 1.85 bits per heavy atom. The van der Waals surface area contributed by atoms with Crippen molar-refractivity contribution in [1.29, 1.82) is 0 Å². The number of aldehydes is 1. The lowest BCUT2D eigenvalue weighted by molar-refractivity contribution is -0.108. The van der Waals surface area contributed by atoms with E-state index in [1.807, 2.05) is 12.1 Å². The number of nitrogens with one attached hydrogen (secondary N) is 2. The summed E-state index contributed by atoms with van der Waals surface area (Å²) >= 11 is 0. The van der Waals surface area contributed by atoms with Crippen LogP contribution in [-0.4, -0.2) is 73.8 Å². The van der Waals surface area contributed by atoms with Crippen molar-refractivity contribution in [3.63, 3.8) is 0 Å². The van der Waals surface area contributed by atoms with Crippen LogP contribution in [0.2, 0.25) is 0 Å². The Bertz CT molecular complexity index is 1420. The van der Waals surface area contributed by atoms with Crippen molar-refractivity contribution in [1.82, 2.24) is 20.1 Å². The number of piperazine rings is 1. The van der Waals surface area contributed by atoms with Gasteiger partial charge in [0, 0.05) is 54.6 Å². The molecule has 0 atom stereocenters. The van der Waals surface area contributed by atoms with Crippen molar-refractivity contribution in [2.24, 2.45) is 0 Å².